The molecule has 0 aliphatic rings. The molecule has 2 amide bonds. The van der Waals surface area contributed by atoms with E-state index < -0.39 is 0 Å². The fourth-order valence-electron chi connectivity index (χ4n) is 2.97. The van der Waals surface area contributed by atoms with Crippen molar-refractivity contribution in [2.75, 3.05) is 13.2 Å². The van der Waals surface area contributed by atoms with Crippen molar-refractivity contribution in [2.45, 2.75) is 33.4 Å². The Morgan fingerprint density at radius 3 is 2.55 bits per heavy atom. The summed E-state index contributed by atoms with van der Waals surface area (Å²) in [6.07, 6.45) is 3.35. The molecule has 1 atom stereocenters. The first-order valence-corrected chi connectivity index (χ1v) is 10.8. The summed E-state index contributed by atoms with van der Waals surface area (Å²) in [6, 6.07) is 11.7. The number of hydrogen-bond acceptors (Lipinski definition) is 6. The van der Waals surface area contributed by atoms with Gasteiger partial charge in [-0.15, -0.1) is 11.3 Å². The van der Waals surface area contributed by atoms with Gasteiger partial charge in [0.2, 0.25) is 11.8 Å². The van der Waals surface area contributed by atoms with Crippen LogP contribution in [0.5, 0.6) is 0 Å². The third-order valence-electron chi connectivity index (χ3n) is 4.58. The number of carbonyl (C=O) groups is 2. The number of ether oxygens (including phenoxy) is 1. The minimum atomic E-state index is -0.286. The Kier molecular flexibility index (Phi) is 7.86. The van der Waals surface area contributed by atoms with E-state index in [1.165, 1.54) is 5.56 Å². The maximum absolute atomic E-state index is 12.2. The normalized spacial score (nSPS) is 11.7. The largest absolute Gasteiger partial charge is 0.362 e. The Morgan fingerprint density at radius 2 is 1.84 bits per heavy atom. The summed E-state index contributed by atoms with van der Waals surface area (Å²) in [7, 11) is 0. The van der Waals surface area contributed by atoms with Crippen LogP contribution in [-0.4, -0.2) is 35.0 Å². The Hall–Kier alpha value is -3.10. The maximum Gasteiger partial charge on any atom is 0.246 e. The molecule has 7 nitrogen and oxygen atoms in total. The molecule has 3 aromatic rings. The molecule has 0 radical (unpaired) electrons. The average Bonchev–Trinajstić information content (AvgIpc) is 3.15. The topological polar surface area (TPSA) is 93.2 Å². The molecule has 1 aromatic carbocycles. The number of amides is 2. The van der Waals surface area contributed by atoms with Crippen molar-refractivity contribution in [1.29, 1.82) is 0 Å². The molecule has 0 fully saturated rings. The number of pyridine rings is 1. The van der Waals surface area contributed by atoms with E-state index in [0.29, 0.717) is 6.54 Å². The van der Waals surface area contributed by atoms with E-state index in [1.54, 1.807) is 29.8 Å². The van der Waals surface area contributed by atoms with Crippen molar-refractivity contribution >= 4 is 23.2 Å². The number of nitrogens with one attached hydrogen (secondary N) is 2. The highest BCUT2D eigenvalue weighted by Gasteiger charge is 2.17. The highest BCUT2D eigenvalue weighted by Crippen LogP contribution is 2.31. The van der Waals surface area contributed by atoms with E-state index in [-0.39, 0.29) is 31.1 Å². The molecule has 2 N–H and O–H groups in total. The third kappa shape index (κ3) is 6.70. The van der Waals surface area contributed by atoms with E-state index in [0.717, 1.165) is 26.7 Å². The molecular weight excluding hydrogens is 412 g/mol. The quantitative estimate of drug-likeness (QED) is 0.535. The zero-order valence-corrected chi connectivity index (χ0v) is 18.7. The van der Waals surface area contributed by atoms with Crippen LogP contribution in [-0.2, 0) is 20.9 Å². The predicted octanol–water partition coefficient (Wildman–Crippen LogP) is 3.33. The lowest BCUT2D eigenvalue weighted by atomic mass is 10.2. The predicted molar refractivity (Wildman–Crippen MR) is 120 cm³/mol. The third-order valence-corrected chi connectivity index (χ3v) is 5.97. The van der Waals surface area contributed by atoms with Crippen LogP contribution in [0.25, 0.3) is 10.6 Å². The number of rotatable bonds is 9. The van der Waals surface area contributed by atoms with Crippen LogP contribution in [0, 0.1) is 13.8 Å². The first-order chi connectivity index (χ1) is 14.9. The van der Waals surface area contributed by atoms with Gasteiger partial charge in [-0.1, -0.05) is 35.9 Å². The molecule has 162 valence electrons. The number of hydrogen-bond donors (Lipinski definition) is 2. The van der Waals surface area contributed by atoms with Crippen molar-refractivity contribution in [3.8, 4) is 10.6 Å². The lowest BCUT2D eigenvalue weighted by molar-refractivity contribution is -0.131. The number of benzene rings is 1. The smallest absolute Gasteiger partial charge is 0.246 e. The van der Waals surface area contributed by atoms with Crippen molar-refractivity contribution in [3.05, 3.63) is 70.5 Å². The average molecular weight is 439 g/mol. The van der Waals surface area contributed by atoms with E-state index in [4.69, 9.17) is 4.74 Å². The molecule has 0 saturated carbocycles. The number of aromatic nitrogens is 2. The Labute approximate surface area is 185 Å². The Bertz CT molecular complexity index is 1020. The summed E-state index contributed by atoms with van der Waals surface area (Å²) in [5.41, 5.74) is 4.05. The standard InChI is InChI=1S/C23H26N4O3S/c1-15-6-8-19(9-7-15)23-27-17(3)22(31-23)16(2)26-21(29)14-30-13-20(28)25-12-18-5-4-10-24-11-18/h4-11,16H,12-14H2,1-3H3,(H,25,28)(H,26,29). The molecule has 0 bridgehead atoms. The van der Waals surface area contributed by atoms with Gasteiger partial charge in [-0.3, -0.25) is 14.6 Å². The second-order valence-electron chi connectivity index (χ2n) is 7.25. The van der Waals surface area contributed by atoms with E-state index in [2.05, 4.69) is 32.7 Å². The van der Waals surface area contributed by atoms with Gasteiger partial charge >= 0.3 is 0 Å². The van der Waals surface area contributed by atoms with Gasteiger partial charge < -0.3 is 15.4 Å². The number of carbonyl (C=O) groups excluding carboxylic acids is 2. The molecule has 2 heterocycles. The number of nitrogens with zero attached hydrogens (tertiary/aromatic N) is 2. The van der Waals surface area contributed by atoms with Crippen molar-refractivity contribution in [2.24, 2.45) is 0 Å². The lowest BCUT2D eigenvalue weighted by Gasteiger charge is -2.13. The van der Waals surface area contributed by atoms with Crippen molar-refractivity contribution < 1.29 is 14.3 Å². The summed E-state index contributed by atoms with van der Waals surface area (Å²) in [5, 5.41) is 6.56. The Balaban J connectivity index is 1.44. The van der Waals surface area contributed by atoms with Crippen LogP contribution >= 0.6 is 11.3 Å². The zero-order valence-electron chi connectivity index (χ0n) is 17.8. The summed E-state index contributed by atoms with van der Waals surface area (Å²) in [5.74, 6) is -0.567. The van der Waals surface area contributed by atoms with Crippen LogP contribution in [0.4, 0.5) is 0 Å². The second-order valence-corrected chi connectivity index (χ2v) is 8.29. The summed E-state index contributed by atoms with van der Waals surface area (Å²) in [4.78, 5) is 33.7. The van der Waals surface area contributed by atoms with E-state index >= 15 is 0 Å². The van der Waals surface area contributed by atoms with Gasteiger partial charge in [0.15, 0.2) is 0 Å². The molecule has 8 heteroatoms. The second kappa shape index (κ2) is 10.8. The van der Waals surface area contributed by atoms with Gasteiger partial charge in [0, 0.05) is 24.5 Å². The van der Waals surface area contributed by atoms with Gasteiger partial charge in [0.1, 0.15) is 18.2 Å². The molecule has 31 heavy (non-hydrogen) atoms. The zero-order chi connectivity index (χ0) is 22.2. The van der Waals surface area contributed by atoms with Crippen LogP contribution in [0.2, 0.25) is 0 Å². The first kappa shape index (κ1) is 22.6. The highest BCUT2D eigenvalue weighted by molar-refractivity contribution is 7.15. The van der Waals surface area contributed by atoms with Gasteiger partial charge in [-0.25, -0.2) is 4.98 Å². The van der Waals surface area contributed by atoms with Crippen molar-refractivity contribution in [3.63, 3.8) is 0 Å². The SMILES string of the molecule is Cc1ccc(-c2nc(C)c(C(C)NC(=O)COCC(=O)NCc3cccnc3)s2)cc1. The van der Waals surface area contributed by atoms with Gasteiger partial charge in [-0.05, 0) is 32.4 Å². The van der Waals surface area contributed by atoms with Crippen LogP contribution in [0.1, 0.15) is 34.7 Å². The summed E-state index contributed by atoms with van der Waals surface area (Å²) >= 11 is 1.57. The lowest BCUT2D eigenvalue weighted by Crippen LogP contribution is -2.33. The Morgan fingerprint density at radius 1 is 1.10 bits per heavy atom. The minimum Gasteiger partial charge on any atom is -0.362 e. The molecule has 0 aliphatic heterocycles. The molecular formula is C23H26N4O3S. The summed E-state index contributed by atoms with van der Waals surface area (Å²) in [6.45, 7) is 5.90. The monoisotopic (exact) mass is 438 g/mol. The number of thiazole rings is 1. The molecule has 0 aliphatic carbocycles. The maximum atomic E-state index is 12.2. The fraction of sp³-hybridized carbons (Fsp3) is 0.304. The molecule has 3 rings (SSSR count). The van der Waals surface area contributed by atoms with E-state index in [9.17, 15) is 9.59 Å². The van der Waals surface area contributed by atoms with Gasteiger partial charge in [-0.2, -0.15) is 0 Å². The van der Waals surface area contributed by atoms with Crippen LogP contribution in [0.3, 0.4) is 0 Å². The summed E-state index contributed by atoms with van der Waals surface area (Å²) < 4.78 is 5.25. The van der Waals surface area contributed by atoms with Gasteiger partial charge in [0.05, 0.1) is 16.6 Å². The molecule has 2 aromatic heterocycles. The van der Waals surface area contributed by atoms with Crippen LogP contribution in [0.15, 0.2) is 48.8 Å². The minimum absolute atomic E-state index is 0.181. The van der Waals surface area contributed by atoms with Gasteiger partial charge in [0.25, 0.3) is 0 Å². The van der Waals surface area contributed by atoms with Crippen LogP contribution < -0.4 is 10.6 Å². The van der Waals surface area contributed by atoms with Crippen molar-refractivity contribution in [1.82, 2.24) is 20.6 Å². The molecule has 0 spiro atoms. The number of aryl methyl sites for hydroxylation is 2. The molecule has 1 unspecified atom stereocenters. The molecule has 0 saturated heterocycles. The van der Waals surface area contributed by atoms with E-state index in [1.807, 2.05) is 39.0 Å². The highest BCUT2D eigenvalue weighted by atomic mass is 32.1. The fourth-order valence-corrected chi connectivity index (χ4v) is 4.04. The first-order valence-electron chi connectivity index (χ1n) is 9.99.